The van der Waals surface area contributed by atoms with Crippen LogP contribution in [-0.4, -0.2) is 36.2 Å². The van der Waals surface area contributed by atoms with Gasteiger partial charge in [0.05, 0.1) is 33.4 Å². The smallest absolute Gasteiger partial charge is 0.335 e. The summed E-state index contributed by atoms with van der Waals surface area (Å²) in [6.45, 7) is 5.87. The van der Waals surface area contributed by atoms with Gasteiger partial charge in [0.2, 0.25) is 0 Å². The molecule has 0 spiro atoms. The highest BCUT2D eigenvalue weighted by Gasteiger charge is 2.27. The molecule has 0 aliphatic heterocycles. The van der Waals surface area contributed by atoms with Gasteiger partial charge >= 0.3 is 5.97 Å². The van der Waals surface area contributed by atoms with E-state index in [0.29, 0.717) is 22.4 Å². The number of hydrogen-bond donors (Lipinski definition) is 1. The molecule has 0 aliphatic carbocycles. The van der Waals surface area contributed by atoms with Gasteiger partial charge in [0.15, 0.2) is 5.75 Å². The molecule has 31 heavy (non-hydrogen) atoms. The first-order chi connectivity index (χ1) is 14.7. The molecule has 1 atom stereocenters. The van der Waals surface area contributed by atoms with Crippen molar-refractivity contribution in [3.8, 4) is 16.9 Å². The van der Waals surface area contributed by atoms with E-state index in [0.717, 1.165) is 24.9 Å². The number of carboxylic acid groups (broad SMARTS) is 1. The summed E-state index contributed by atoms with van der Waals surface area (Å²) in [5, 5.41) is 21.1. The van der Waals surface area contributed by atoms with E-state index in [2.05, 4.69) is 6.92 Å². The molecule has 2 aromatic carbocycles. The lowest BCUT2D eigenvalue weighted by molar-refractivity contribution is -0.384. The molecule has 0 aliphatic rings. The third kappa shape index (κ3) is 5.96. The van der Waals surface area contributed by atoms with Crippen molar-refractivity contribution in [1.29, 1.82) is 0 Å². The summed E-state index contributed by atoms with van der Waals surface area (Å²) >= 11 is 0. The topological polar surface area (TPSA) is 92.9 Å². The summed E-state index contributed by atoms with van der Waals surface area (Å²) in [5.41, 5.74) is 2.34. The standard InChI is InChI=1S/C24H32N2O5/c1-6-7-8-9-10-16(2)31-23-17(3)22(26(29)30)20(15-21(23)25(4)5)18-11-13-19(14-12-18)24(27)28/h11-16H,6-10H2,1-5H3,(H,27,28)/t16-/m1/s1. The van der Waals surface area contributed by atoms with Crippen LogP contribution in [0.3, 0.4) is 0 Å². The third-order valence-electron chi connectivity index (χ3n) is 5.36. The average Bonchev–Trinajstić information content (AvgIpc) is 2.71. The van der Waals surface area contributed by atoms with Crippen LogP contribution in [0, 0.1) is 17.0 Å². The molecule has 2 rings (SSSR count). The van der Waals surface area contributed by atoms with Crippen molar-refractivity contribution in [2.24, 2.45) is 0 Å². The molecule has 7 heteroatoms. The van der Waals surface area contributed by atoms with Gasteiger partial charge in [0.1, 0.15) is 0 Å². The van der Waals surface area contributed by atoms with E-state index >= 15 is 0 Å². The lowest BCUT2D eigenvalue weighted by Crippen LogP contribution is -2.17. The van der Waals surface area contributed by atoms with Crippen LogP contribution in [0.25, 0.3) is 11.1 Å². The Labute approximate surface area is 183 Å². The lowest BCUT2D eigenvalue weighted by Gasteiger charge is -2.24. The van der Waals surface area contributed by atoms with Crippen molar-refractivity contribution in [2.75, 3.05) is 19.0 Å². The first-order valence-electron chi connectivity index (χ1n) is 10.7. The number of aromatic carboxylic acids is 1. The Hall–Kier alpha value is -3.09. The van der Waals surface area contributed by atoms with Gasteiger partial charge in [0, 0.05) is 14.1 Å². The number of carboxylic acids is 1. The quantitative estimate of drug-likeness (QED) is 0.265. The SMILES string of the molecule is CCCCCC[C@@H](C)Oc1c(N(C)C)cc(-c2ccc(C(=O)O)cc2)c([N+](=O)[O-])c1C. The molecule has 0 saturated heterocycles. The Balaban J connectivity index is 2.49. The van der Waals surface area contributed by atoms with E-state index in [-0.39, 0.29) is 17.4 Å². The molecule has 0 bridgehead atoms. The van der Waals surface area contributed by atoms with Crippen LogP contribution in [0.1, 0.15) is 61.9 Å². The van der Waals surface area contributed by atoms with Crippen molar-refractivity contribution < 1.29 is 19.6 Å². The Morgan fingerprint density at radius 3 is 2.35 bits per heavy atom. The largest absolute Gasteiger partial charge is 0.488 e. The number of carbonyl (C=O) groups is 1. The van der Waals surface area contributed by atoms with Gasteiger partial charge in [-0.2, -0.15) is 0 Å². The fourth-order valence-electron chi connectivity index (χ4n) is 3.62. The Morgan fingerprint density at radius 1 is 1.19 bits per heavy atom. The second-order valence-electron chi connectivity index (χ2n) is 8.06. The van der Waals surface area contributed by atoms with Crippen molar-refractivity contribution in [1.82, 2.24) is 0 Å². The molecule has 0 fully saturated rings. The molecule has 0 saturated carbocycles. The highest BCUT2D eigenvalue weighted by molar-refractivity contribution is 5.89. The number of nitro benzene ring substituents is 1. The Morgan fingerprint density at radius 2 is 1.84 bits per heavy atom. The Bertz CT molecular complexity index is 923. The first-order valence-corrected chi connectivity index (χ1v) is 10.7. The van der Waals surface area contributed by atoms with Crippen LogP contribution < -0.4 is 9.64 Å². The molecule has 0 aromatic heterocycles. The number of ether oxygens (including phenoxy) is 1. The van der Waals surface area contributed by atoms with Crippen LogP contribution in [0.2, 0.25) is 0 Å². The maximum Gasteiger partial charge on any atom is 0.335 e. The van der Waals surface area contributed by atoms with Gasteiger partial charge in [-0.3, -0.25) is 10.1 Å². The summed E-state index contributed by atoms with van der Waals surface area (Å²) in [5.74, 6) is -0.520. The fraction of sp³-hybridized carbons (Fsp3) is 0.458. The van der Waals surface area contributed by atoms with Gasteiger partial charge in [-0.1, -0.05) is 38.3 Å². The van der Waals surface area contributed by atoms with E-state index < -0.39 is 10.9 Å². The number of unbranched alkanes of at least 4 members (excludes halogenated alkanes) is 3. The Kier molecular flexibility index (Phi) is 8.42. The molecule has 0 unspecified atom stereocenters. The fourth-order valence-corrected chi connectivity index (χ4v) is 3.62. The lowest BCUT2D eigenvalue weighted by atomic mass is 9.97. The van der Waals surface area contributed by atoms with Crippen LogP contribution in [0.5, 0.6) is 5.75 Å². The van der Waals surface area contributed by atoms with E-state index in [9.17, 15) is 14.9 Å². The number of benzene rings is 2. The molecular formula is C24H32N2O5. The van der Waals surface area contributed by atoms with Gasteiger partial charge in [0.25, 0.3) is 5.69 Å². The number of hydrogen-bond acceptors (Lipinski definition) is 5. The molecule has 0 heterocycles. The summed E-state index contributed by atoms with van der Waals surface area (Å²) in [6, 6.07) is 7.85. The van der Waals surface area contributed by atoms with Crippen LogP contribution in [-0.2, 0) is 0 Å². The van der Waals surface area contributed by atoms with Crippen LogP contribution in [0.15, 0.2) is 30.3 Å². The van der Waals surface area contributed by atoms with Gasteiger partial charge in [-0.25, -0.2) is 4.79 Å². The zero-order chi connectivity index (χ0) is 23.1. The first kappa shape index (κ1) is 24.2. The summed E-state index contributed by atoms with van der Waals surface area (Å²) in [4.78, 5) is 24.6. The summed E-state index contributed by atoms with van der Waals surface area (Å²) in [7, 11) is 3.74. The molecule has 7 nitrogen and oxygen atoms in total. The zero-order valence-electron chi connectivity index (χ0n) is 19.0. The van der Waals surface area contributed by atoms with Crippen molar-refractivity contribution in [3.63, 3.8) is 0 Å². The second-order valence-corrected chi connectivity index (χ2v) is 8.06. The highest BCUT2D eigenvalue weighted by atomic mass is 16.6. The minimum absolute atomic E-state index is 0.0261. The van der Waals surface area contributed by atoms with Gasteiger partial charge in [-0.15, -0.1) is 0 Å². The second kappa shape index (κ2) is 10.8. The van der Waals surface area contributed by atoms with E-state index in [4.69, 9.17) is 9.84 Å². The number of anilines is 1. The van der Waals surface area contributed by atoms with E-state index in [1.807, 2.05) is 25.9 Å². The minimum atomic E-state index is -1.04. The summed E-state index contributed by atoms with van der Waals surface area (Å²) in [6.07, 6.45) is 5.39. The molecule has 2 aromatic rings. The molecule has 1 N–H and O–H groups in total. The predicted molar refractivity (Wildman–Crippen MR) is 123 cm³/mol. The van der Waals surface area contributed by atoms with Crippen molar-refractivity contribution in [3.05, 3.63) is 51.6 Å². The third-order valence-corrected chi connectivity index (χ3v) is 5.36. The average molecular weight is 429 g/mol. The van der Waals surface area contributed by atoms with E-state index in [1.54, 1.807) is 25.1 Å². The highest BCUT2D eigenvalue weighted by Crippen LogP contribution is 2.44. The maximum absolute atomic E-state index is 12.0. The molecule has 0 amide bonds. The van der Waals surface area contributed by atoms with Crippen LogP contribution in [0.4, 0.5) is 11.4 Å². The van der Waals surface area contributed by atoms with Crippen LogP contribution >= 0.6 is 0 Å². The normalized spacial score (nSPS) is 11.8. The number of rotatable bonds is 11. The monoisotopic (exact) mass is 428 g/mol. The molecular weight excluding hydrogens is 396 g/mol. The van der Waals surface area contributed by atoms with Crippen molar-refractivity contribution in [2.45, 2.75) is 59.0 Å². The maximum atomic E-state index is 12.0. The predicted octanol–water partition coefficient (Wildman–Crippen LogP) is 6.07. The number of nitrogens with zero attached hydrogens (tertiary/aromatic N) is 2. The van der Waals surface area contributed by atoms with Gasteiger partial charge in [-0.05, 0) is 50.5 Å². The number of nitro groups is 1. The molecule has 168 valence electrons. The molecule has 0 radical (unpaired) electrons. The van der Waals surface area contributed by atoms with Gasteiger partial charge < -0.3 is 14.7 Å². The minimum Gasteiger partial charge on any atom is -0.488 e. The zero-order valence-corrected chi connectivity index (χ0v) is 19.0. The van der Waals surface area contributed by atoms with Crippen molar-refractivity contribution >= 4 is 17.3 Å². The summed E-state index contributed by atoms with van der Waals surface area (Å²) < 4.78 is 6.23. The van der Waals surface area contributed by atoms with E-state index in [1.165, 1.54) is 25.0 Å².